The molecule has 28 heavy (non-hydrogen) atoms. The number of ether oxygens (including phenoxy) is 1. The van der Waals surface area contributed by atoms with Gasteiger partial charge in [0.15, 0.2) is 0 Å². The Morgan fingerprint density at radius 2 is 1.71 bits per heavy atom. The summed E-state index contributed by atoms with van der Waals surface area (Å²) in [5.74, 6) is 0.901. The van der Waals surface area contributed by atoms with Gasteiger partial charge in [0, 0.05) is 21.8 Å². The fourth-order valence-electron chi connectivity index (χ4n) is 3.90. The number of fused-ring (bicyclic) bond motifs is 1. The molecule has 0 radical (unpaired) electrons. The molecule has 1 N–H and O–H groups in total. The summed E-state index contributed by atoms with van der Waals surface area (Å²) in [5, 5.41) is 5.84. The zero-order chi connectivity index (χ0) is 19.3. The normalized spacial score (nSPS) is 19.3. The van der Waals surface area contributed by atoms with Gasteiger partial charge in [0.2, 0.25) is 0 Å². The number of methoxy groups -OCH3 is 1. The molecule has 1 fully saturated rings. The summed E-state index contributed by atoms with van der Waals surface area (Å²) in [5.41, 5.74) is 0.761. The van der Waals surface area contributed by atoms with Gasteiger partial charge in [-0.05, 0) is 53.9 Å². The van der Waals surface area contributed by atoms with E-state index in [1.165, 1.54) is 17.7 Å². The number of amides is 1. The van der Waals surface area contributed by atoms with Crippen molar-refractivity contribution in [2.45, 2.75) is 41.9 Å². The number of nitrogens with one attached hydrogen (secondary N) is 1. The van der Waals surface area contributed by atoms with Crippen LogP contribution in [0.15, 0.2) is 71.6 Å². The smallest absolute Gasteiger partial charge is 0.252 e. The van der Waals surface area contributed by atoms with Crippen molar-refractivity contribution < 1.29 is 9.53 Å². The first kappa shape index (κ1) is 18.9. The predicted octanol–water partition coefficient (Wildman–Crippen LogP) is 5.68. The van der Waals surface area contributed by atoms with Crippen molar-refractivity contribution in [2.75, 3.05) is 7.11 Å². The van der Waals surface area contributed by atoms with Crippen LogP contribution in [-0.4, -0.2) is 24.3 Å². The Hall–Kier alpha value is -2.46. The van der Waals surface area contributed by atoms with Gasteiger partial charge in [-0.15, -0.1) is 11.8 Å². The zero-order valence-corrected chi connectivity index (χ0v) is 16.9. The molecule has 0 aliphatic heterocycles. The van der Waals surface area contributed by atoms with Gasteiger partial charge in [-0.2, -0.15) is 0 Å². The van der Waals surface area contributed by atoms with E-state index in [2.05, 4.69) is 29.6 Å². The quantitative estimate of drug-likeness (QED) is 0.608. The van der Waals surface area contributed by atoms with Crippen LogP contribution in [-0.2, 0) is 0 Å². The van der Waals surface area contributed by atoms with Gasteiger partial charge in [0.1, 0.15) is 5.75 Å². The Kier molecular flexibility index (Phi) is 5.87. The molecule has 0 bridgehead atoms. The maximum Gasteiger partial charge on any atom is 0.252 e. The van der Waals surface area contributed by atoms with Crippen molar-refractivity contribution >= 4 is 28.4 Å². The van der Waals surface area contributed by atoms with Crippen LogP contribution < -0.4 is 10.1 Å². The molecule has 0 spiro atoms. The second-order valence-electron chi connectivity index (χ2n) is 7.22. The molecule has 0 aromatic heterocycles. The molecule has 3 aromatic carbocycles. The largest absolute Gasteiger partial charge is 0.497 e. The molecular formula is C24H25NO2S. The molecule has 3 aromatic rings. The summed E-state index contributed by atoms with van der Waals surface area (Å²) >= 11 is 1.86. The number of hydrogen-bond acceptors (Lipinski definition) is 3. The zero-order valence-electron chi connectivity index (χ0n) is 16.1. The van der Waals surface area contributed by atoms with Crippen molar-refractivity contribution in [1.82, 2.24) is 5.32 Å². The lowest BCUT2D eigenvalue weighted by Gasteiger charge is -2.32. The number of thioether (sulfide) groups is 1. The molecule has 1 aliphatic carbocycles. The Morgan fingerprint density at radius 3 is 2.54 bits per heavy atom. The van der Waals surface area contributed by atoms with Crippen LogP contribution in [0.5, 0.6) is 5.75 Å². The first-order valence-corrected chi connectivity index (χ1v) is 10.7. The molecule has 0 heterocycles. The van der Waals surface area contributed by atoms with Crippen LogP contribution >= 0.6 is 11.8 Å². The molecule has 0 unspecified atom stereocenters. The van der Waals surface area contributed by atoms with E-state index < -0.39 is 0 Å². The lowest BCUT2D eigenvalue weighted by atomic mass is 9.94. The van der Waals surface area contributed by atoms with Gasteiger partial charge in [-0.1, -0.05) is 49.2 Å². The second kappa shape index (κ2) is 8.70. The molecule has 3 nitrogen and oxygen atoms in total. The lowest BCUT2D eigenvalue weighted by molar-refractivity contribution is 0.0931. The average molecular weight is 392 g/mol. The third-order valence-electron chi connectivity index (χ3n) is 5.40. The summed E-state index contributed by atoms with van der Waals surface area (Å²) in [7, 11) is 1.68. The van der Waals surface area contributed by atoms with E-state index in [1.807, 2.05) is 54.2 Å². The van der Waals surface area contributed by atoms with E-state index in [1.54, 1.807) is 7.11 Å². The maximum atomic E-state index is 13.1. The van der Waals surface area contributed by atoms with Gasteiger partial charge < -0.3 is 10.1 Å². The van der Waals surface area contributed by atoms with E-state index in [4.69, 9.17) is 4.74 Å². The van der Waals surface area contributed by atoms with E-state index in [9.17, 15) is 4.79 Å². The second-order valence-corrected chi connectivity index (χ2v) is 8.54. The highest BCUT2D eigenvalue weighted by molar-refractivity contribution is 8.00. The Bertz CT molecular complexity index is 949. The summed E-state index contributed by atoms with van der Waals surface area (Å²) in [4.78, 5) is 14.3. The molecule has 4 rings (SSSR count). The van der Waals surface area contributed by atoms with Gasteiger partial charge in [0.05, 0.1) is 7.11 Å². The third kappa shape index (κ3) is 4.17. The lowest BCUT2D eigenvalue weighted by Crippen LogP contribution is -2.43. The van der Waals surface area contributed by atoms with Crippen LogP contribution in [0.1, 0.15) is 36.0 Å². The Morgan fingerprint density at radius 1 is 0.964 bits per heavy atom. The summed E-state index contributed by atoms with van der Waals surface area (Å²) in [6, 6.07) is 22.4. The fraction of sp³-hybridized carbons (Fsp3) is 0.292. The topological polar surface area (TPSA) is 38.3 Å². The highest BCUT2D eigenvalue weighted by Crippen LogP contribution is 2.35. The van der Waals surface area contributed by atoms with Gasteiger partial charge >= 0.3 is 0 Å². The maximum absolute atomic E-state index is 13.1. The van der Waals surface area contributed by atoms with Crippen molar-refractivity contribution in [2.24, 2.45) is 0 Å². The third-order valence-corrected chi connectivity index (χ3v) is 6.81. The van der Waals surface area contributed by atoms with Crippen molar-refractivity contribution in [3.8, 4) is 5.75 Å². The van der Waals surface area contributed by atoms with Crippen LogP contribution in [0.25, 0.3) is 10.8 Å². The first-order chi connectivity index (χ1) is 13.7. The monoisotopic (exact) mass is 391 g/mol. The minimum Gasteiger partial charge on any atom is -0.497 e. The standard InChI is InChI=1S/C24H25NO2S/c1-27-18-13-15-19(16-14-18)28-23-12-5-4-11-22(23)25-24(26)21-10-6-8-17-7-2-3-9-20(17)21/h2-3,6-10,13-16,22-23H,4-5,11-12H2,1H3,(H,25,26)/t22-,23-/m1/s1. The van der Waals surface area contributed by atoms with Crippen LogP contribution in [0.2, 0.25) is 0 Å². The van der Waals surface area contributed by atoms with Crippen LogP contribution in [0.4, 0.5) is 0 Å². The van der Waals surface area contributed by atoms with Gasteiger partial charge in [-0.25, -0.2) is 0 Å². The number of carbonyl (C=O) groups is 1. The fourth-order valence-corrected chi connectivity index (χ4v) is 5.20. The molecule has 144 valence electrons. The Labute approximate surface area is 170 Å². The summed E-state index contributed by atoms with van der Waals surface area (Å²) in [6.45, 7) is 0. The van der Waals surface area contributed by atoms with E-state index in [0.29, 0.717) is 5.25 Å². The number of benzene rings is 3. The molecule has 4 heteroatoms. The van der Waals surface area contributed by atoms with E-state index in [0.717, 1.165) is 34.9 Å². The number of rotatable bonds is 5. The highest BCUT2D eigenvalue weighted by atomic mass is 32.2. The SMILES string of the molecule is COc1ccc(S[C@@H]2CCCC[C@H]2NC(=O)c2cccc3ccccc23)cc1. The van der Waals surface area contributed by atoms with Crippen LogP contribution in [0.3, 0.4) is 0 Å². The summed E-state index contributed by atoms with van der Waals surface area (Å²) in [6.07, 6.45) is 4.54. The molecule has 0 saturated heterocycles. The van der Waals surface area contributed by atoms with Crippen molar-refractivity contribution in [3.63, 3.8) is 0 Å². The predicted molar refractivity (Wildman–Crippen MR) is 116 cm³/mol. The molecule has 1 amide bonds. The van der Waals surface area contributed by atoms with Crippen LogP contribution in [0, 0.1) is 0 Å². The van der Waals surface area contributed by atoms with E-state index in [-0.39, 0.29) is 11.9 Å². The van der Waals surface area contributed by atoms with Crippen molar-refractivity contribution in [3.05, 3.63) is 72.3 Å². The Balaban J connectivity index is 1.50. The highest BCUT2D eigenvalue weighted by Gasteiger charge is 2.28. The number of hydrogen-bond donors (Lipinski definition) is 1. The molecule has 1 saturated carbocycles. The van der Waals surface area contributed by atoms with Crippen molar-refractivity contribution in [1.29, 1.82) is 0 Å². The average Bonchev–Trinajstić information content (AvgIpc) is 2.75. The van der Waals surface area contributed by atoms with Gasteiger partial charge in [-0.3, -0.25) is 4.79 Å². The minimum absolute atomic E-state index is 0.0315. The summed E-state index contributed by atoms with van der Waals surface area (Å²) < 4.78 is 5.25. The first-order valence-electron chi connectivity index (χ1n) is 9.84. The minimum atomic E-state index is 0.0315. The molecular weight excluding hydrogens is 366 g/mol. The number of carbonyl (C=O) groups excluding carboxylic acids is 1. The molecule has 1 aliphatic rings. The molecule has 2 atom stereocenters. The van der Waals surface area contributed by atoms with E-state index >= 15 is 0 Å². The van der Waals surface area contributed by atoms with Gasteiger partial charge in [0.25, 0.3) is 5.91 Å².